The molecule has 104 valence electrons. The minimum Gasteiger partial charge on any atom is -0.394 e. The van der Waals surface area contributed by atoms with E-state index in [0.29, 0.717) is 13.1 Å². The summed E-state index contributed by atoms with van der Waals surface area (Å²) in [4.78, 5) is 13.9. The van der Waals surface area contributed by atoms with Crippen LogP contribution >= 0.6 is 11.6 Å². The highest BCUT2D eigenvalue weighted by Crippen LogP contribution is 2.22. The van der Waals surface area contributed by atoms with Crippen LogP contribution < -0.4 is 0 Å². The van der Waals surface area contributed by atoms with Crippen LogP contribution in [0.25, 0.3) is 0 Å². The maximum absolute atomic E-state index is 12.3. The second-order valence-corrected chi connectivity index (χ2v) is 5.50. The summed E-state index contributed by atoms with van der Waals surface area (Å²) in [6, 6.07) is 3.06. The maximum atomic E-state index is 12.3. The first kappa shape index (κ1) is 14.2. The number of carbonyl (C=O) groups is 1. The fourth-order valence-electron chi connectivity index (χ4n) is 2.14. The number of amides is 1. The molecule has 0 saturated carbocycles. The Morgan fingerprint density at radius 2 is 2.32 bits per heavy atom. The molecule has 1 aliphatic heterocycles. The highest BCUT2D eigenvalue weighted by atomic mass is 35.5. The standard InChI is InChI=1S/C12H16ClN3O3/c1-12(2)7-16(5-8(6-17)19-12)11(18)9-3-4-10(13)15-14-9/h3-4,8,17H,5-7H2,1-2H3. The fraction of sp³-hybridized carbons (Fsp3) is 0.583. The molecular formula is C12H16ClN3O3. The largest absolute Gasteiger partial charge is 0.394 e. The van der Waals surface area contributed by atoms with Gasteiger partial charge in [-0.2, -0.15) is 0 Å². The first-order valence-electron chi connectivity index (χ1n) is 5.98. The molecule has 1 aromatic rings. The molecule has 0 aliphatic carbocycles. The molecule has 1 fully saturated rings. The van der Waals surface area contributed by atoms with Crippen molar-refractivity contribution in [2.45, 2.75) is 25.6 Å². The molecule has 1 saturated heterocycles. The van der Waals surface area contributed by atoms with E-state index in [2.05, 4.69) is 10.2 Å². The number of halogens is 1. The molecule has 7 heteroatoms. The van der Waals surface area contributed by atoms with Gasteiger partial charge in [0.1, 0.15) is 0 Å². The molecule has 1 atom stereocenters. The zero-order chi connectivity index (χ0) is 14.0. The Balaban J connectivity index is 2.16. The molecule has 1 aliphatic rings. The third-order valence-electron chi connectivity index (χ3n) is 2.82. The molecule has 1 N–H and O–H groups in total. The average molecular weight is 286 g/mol. The summed E-state index contributed by atoms with van der Waals surface area (Å²) in [6.45, 7) is 4.40. The van der Waals surface area contributed by atoms with Gasteiger partial charge in [0, 0.05) is 13.1 Å². The van der Waals surface area contributed by atoms with Crippen LogP contribution in [0.15, 0.2) is 12.1 Å². The first-order valence-corrected chi connectivity index (χ1v) is 6.36. The van der Waals surface area contributed by atoms with E-state index in [-0.39, 0.29) is 29.5 Å². The molecule has 0 bridgehead atoms. The van der Waals surface area contributed by atoms with Crippen molar-refractivity contribution in [2.75, 3.05) is 19.7 Å². The average Bonchev–Trinajstić information content (AvgIpc) is 2.37. The lowest BCUT2D eigenvalue weighted by molar-refractivity contribution is -0.139. The Kier molecular flexibility index (Phi) is 4.03. The van der Waals surface area contributed by atoms with Crippen LogP contribution in [0.3, 0.4) is 0 Å². The van der Waals surface area contributed by atoms with E-state index >= 15 is 0 Å². The molecule has 1 amide bonds. The van der Waals surface area contributed by atoms with Crippen LogP contribution in [0, 0.1) is 0 Å². The number of nitrogens with zero attached hydrogens (tertiary/aromatic N) is 3. The molecule has 2 rings (SSSR count). The first-order chi connectivity index (χ1) is 8.91. The Bertz CT molecular complexity index is 464. The van der Waals surface area contributed by atoms with Crippen molar-refractivity contribution in [3.05, 3.63) is 23.0 Å². The number of aliphatic hydroxyl groups excluding tert-OH is 1. The Labute approximate surface area is 116 Å². The van der Waals surface area contributed by atoms with Crippen molar-refractivity contribution in [3.63, 3.8) is 0 Å². The van der Waals surface area contributed by atoms with Gasteiger partial charge in [0.25, 0.3) is 5.91 Å². The molecule has 2 heterocycles. The lowest BCUT2D eigenvalue weighted by Crippen LogP contribution is -2.55. The van der Waals surface area contributed by atoms with E-state index in [4.69, 9.17) is 16.3 Å². The SMILES string of the molecule is CC1(C)CN(C(=O)c2ccc(Cl)nn2)CC(CO)O1. The summed E-state index contributed by atoms with van der Waals surface area (Å²) in [5.74, 6) is -0.237. The van der Waals surface area contributed by atoms with Gasteiger partial charge in [-0.15, -0.1) is 10.2 Å². The van der Waals surface area contributed by atoms with Crippen molar-refractivity contribution < 1.29 is 14.6 Å². The molecule has 0 aromatic carbocycles. The van der Waals surface area contributed by atoms with Gasteiger partial charge in [0.05, 0.1) is 18.3 Å². The van der Waals surface area contributed by atoms with E-state index in [1.165, 1.54) is 12.1 Å². The van der Waals surface area contributed by atoms with Gasteiger partial charge in [-0.1, -0.05) is 11.6 Å². The number of aromatic nitrogens is 2. The van der Waals surface area contributed by atoms with Gasteiger partial charge >= 0.3 is 0 Å². The fourth-order valence-corrected chi connectivity index (χ4v) is 2.24. The van der Waals surface area contributed by atoms with Crippen molar-refractivity contribution >= 4 is 17.5 Å². The zero-order valence-corrected chi connectivity index (χ0v) is 11.6. The van der Waals surface area contributed by atoms with Crippen molar-refractivity contribution in [1.29, 1.82) is 0 Å². The topological polar surface area (TPSA) is 75.6 Å². The van der Waals surface area contributed by atoms with Crippen molar-refractivity contribution in [3.8, 4) is 0 Å². The van der Waals surface area contributed by atoms with Gasteiger partial charge in [-0.05, 0) is 26.0 Å². The molecule has 0 radical (unpaired) electrons. The quantitative estimate of drug-likeness (QED) is 0.867. The van der Waals surface area contributed by atoms with Gasteiger partial charge in [-0.3, -0.25) is 4.79 Å². The van der Waals surface area contributed by atoms with E-state index in [1.54, 1.807) is 4.90 Å². The number of aliphatic hydroxyl groups is 1. The normalized spacial score (nSPS) is 22.3. The van der Waals surface area contributed by atoms with Gasteiger partial charge in [-0.25, -0.2) is 0 Å². The Morgan fingerprint density at radius 3 is 2.89 bits per heavy atom. The van der Waals surface area contributed by atoms with E-state index < -0.39 is 5.60 Å². The van der Waals surface area contributed by atoms with E-state index in [0.717, 1.165) is 0 Å². The van der Waals surface area contributed by atoms with Crippen LogP contribution in [0.4, 0.5) is 0 Å². The van der Waals surface area contributed by atoms with E-state index in [9.17, 15) is 9.90 Å². The van der Waals surface area contributed by atoms with Gasteiger partial charge < -0.3 is 14.7 Å². The Morgan fingerprint density at radius 1 is 1.58 bits per heavy atom. The number of hydrogen-bond acceptors (Lipinski definition) is 5. The second-order valence-electron chi connectivity index (χ2n) is 5.11. The van der Waals surface area contributed by atoms with Gasteiger partial charge in [0.2, 0.25) is 0 Å². The summed E-state index contributed by atoms with van der Waals surface area (Å²) in [5, 5.41) is 16.9. The van der Waals surface area contributed by atoms with Crippen LogP contribution in [0.1, 0.15) is 24.3 Å². The highest BCUT2D eigenvalue weighted by molar-refractivity contribution is 6.29. The van der Waals surface area contributed by atoms with Crippen LogP contribution in [-0.2, 0) is 4.74 Å². The number of ether oxygens (including phenoxy) is 1. The highest BCUT2D eigenvalue weighted by Gasteiger charge is 2.36. The zero-order valence-electron chi connectivity index (χ0n) is 10.8. The number of morpholine rings is 1. The smallest absolute Gasteiger partial charge is 0.274 e. The lowest BCUT2D eigenvalue weighted by Gasteiger charge is -2.42. The van der Waals surface area contributed by atoms with Gasteiger partial charge in [0.15, 0.2) is 10.8 Å². The minimum absolute atomic E-state index is 0.125. The van der Waals surface area contributed by atoms with Crippen molar-refractivity contribution in [2.24, 2.45) is 0 Å². The monoisotopic (exact) mass is 285 g/mol. The third-order valence-corrected chi connectivity index (χ3v) is 3.02. The summed E-state index contributed by atoms with van der Waals surface area (Å²) >= 11 is 5.64. The molecule has 1 unspecified atom stereocenters. The predicted octanol–water partition coefficient (Wildman–Crippen LogP) is 0.742. The molecule has 19 heavy (non-hydrogen) atoms. The minimum atomic E-state index is -0.499. The van der Waals surface area contributed by atoms with Crippen molar-refractivity contribution in [1.82, 2.24) is 15.1 Å². The number of carbonyl (C=O) groups excluding carboxylic acids is 1. The molecule has 6 nitrogen and oxygen atoms in total. The van der Waals surface area contributed by atoms with E-state index in [1.807, 2.05) is 13.8 Å². The van der Waals surface area contributed by atoms with Crippen LogP contribution in [0.5, 0.6) is 0 Å². The molecule has 0 spiro atoms. The third kappa shape index (κ3) is 3.40. The molecule has 1 aromatic heterocycles. The van der Waals surface area contributed by atoms with Crippen LogP contribution in [-0.4, -0.2) is 57.5 Å². The predicted molar refractivity (Wildman–Crippen MR) is 69.0 cm³/mol. The number of rotatable bonds is 2. The summed E-state index contributed by atoms with van der Waals surface area (Å²) in [5.41, 5.74) is -0.264. The maximum Gasteiger partial charge on any atom is 0.274 e. The summed E-state index contributed by atoms with van der Waals surface area (Å²) < 4.78 is 5.66. The molecular weight excluding hydrogens is 270 g/mol. The van der Waals surface area contributed by atoms with Crippen LogP contribution in [0.2, 0.25) is 5.15 Å². The number of hydrogen-bond donors (Lipinski definition) is 1. The summed E-state index contributed by atoms with van der Waals surface area (Å²) in [7, 11) is 0. The lowest BCUT2D eigenvalue weighted by atomic mass is 10.0. The Hall–Kier alpha value is -1.24. The summed E-state index contributed by atoms with van der Waals surface area (Å²) in [6.07, 6.45) is -0.382. The second kappa shape index (κ2) is 5.40.